The second-order valence-corrected chi connectivity index (χ2v) is 19.9. The number of carbonyl (C=O) groups is 1. The summed E-state index contributed by atoms with van der Waals surface area (Å²) >= 11 is 0. The van der Waals surface area contributed by atoms with Crippen molar-refractivity contribution in [1.82, 2.24) is 38.5 Å². The van der Waals surface area contributed by atoms with Crippen LogP contribution >= 0.6 is 0 Å². The number of benzene rings is 2. The highest BCUT2D eigenvalue weighted by atomic mass is 19.1. The molecule has 12 rings (SSSR count). The largest absolute Gasteiger partial charge is 0.438 e. The van der Waals surface area contributed by atoms with E-state index in [1.165, 1.54) is 17.7 Å². The normalized spacial score (nSPS) is 28.7. The second kappa shape index (κ2) is 14.2. The number of aromatic amines is 1. The minimum absolute atomic E-state index is 0.0431. The summed E-state index contributed by atoms with van der Waals surface area (Å²) in [6.45, 7) is 10.5. The zero-order valence-corrected chi connectivity index (χ0v) is 36.7. The predicted molar refractivity (Wildman–Crippen MR) is 233 cm³/mol. The van der Waals surface area contributed by atoms with Gasteiger partial charge in [-0.1, -0.05) is 18.1 Å². The van der Waals surface area contributed by atoms with Crippen molar-refractivity contribution in [3.05, 3.63) is 111 Å². The molecular formula is C48H55FN8O6. The lowest BCUT2D eigenvalue weighted by molar-refractivity contribution is -0.0592. The number of methoxy groups -OCH3 is 1. The number of halogens is 1. The minimum Gasteiger partial charge on any atom is -0.384 e. The highest BCUT2D eigenvalue weighted by Crippen LogP contribution is 2.57. The van der Waals surface area contributed by atoms with Crippen molar-refractivity contribution >= 4 is 16.8 Å². The summed E-state index contributed by atoms with van der Waals surface area (Å²) in [5.41, 5.74) is 3.77. The van der Waals surface area contributed by atoms with Crippen molar-refractivity contribution in [3.8, 4) is 16.9 Å². The Morgan fingerprint density at radius 3 is 2.38 bits per heavy atom. The number of H-pyrrole nitrogens is 1. The molecule has 4 saturated carbocycles. The molecule has 330 valence electrons. The average molecular weight is 859 g/mol. The maximum absolute atomic E-state index is 15.5. The van der Waals surface area contributed by atoms with Crippen molar-refractivity contribution in [2.75, 3.05) is 26.9 Å². The third kappa shape index (κ3) is 6.19. The van der Waals surface area contributed by atoms with Crippen LogP contribution in [0, 0.1) is 17.2 Å². The Bertz CT molecular complexity index is 2870. The number of amides is 1. The summed E-state index contributed by atoms with van der Waals surface area (Å²) in [7, 11) is 1.77. The number of hydrogen-bond donors (Lipinski definition) is 1. The van der Waals surface area contributed by atoms with E-state index in [1.807, 2.05) is 39.5 Å². The van der Waals surface area contributed by atoms with E-state index in [0.717, 1.165) is 74.6 Å². The van der Waals surface area contributed by atoms with Crippen LogP contribution in [0.5, 0.6) is 0 Å². The number of ether oxygens (including phenoxy) is 2. The van der Waals surface area contributed by atoms with E-state index in [2.05, 4.69) is 53.7 Å². The van der Waals surface area contributed by atoms with E-state index < -0.39 is 17.3 Å². The van der Waals surface area contributed by atoms with E-state index in [9.17, 15) is 14.0 Å². The van der Waals surface area contributed by atoms with E-state index in [0.29, 0.717) is 60.5 Å². The van der Waals surface area contributed by atoms with Crippen LogP contribution in [0.2, 0.25) is 0 Å². The molecule has 15 heteroatoms. The zero-order valence-electron chi connectivity index (χ0n) is 36.7. The standard InChI is InChI=1S/C48H55FN8O6/c1-29-26-48(29,42-50-43(59)63-52-42)57-36-11-8-32(33-12-23-62-45(3,4)27-33)24-34(36)25-37(57)41(58)53-20-22-56-39(30(53)2)40(38(51-56)31-6-9-35(49)10-7-31)54-19-21-55(44(54)60)47-16-13-46(14-17-47,15-18-47)28-61-5/h6-11,19,21,24-25,29-30,33H,12-18,20,22-23,26-28H2,1-5H3,(H,50,52,59)/t29-,30-,33+,46?,47?,48-/m0/s1. The van der Waals surface area contributed by atoms with E-state index in [4.69, 9.17) is 19.1 Å². The predicted octanol–water partition coefficient (Wildman–Crippen LogP) is 7.64. The summed E-state index contributed by atoms with van der Waals surface area (Å²) in [5, 5.41) is 10.2. The fraction of sp³-hybridized carbons (Fsp3) is 0.521. The van der Waals surface area contributed by atoms with Crippen LogP contribution in [0.3, 0.4) is 0 Å². The topological polar surface area (TPSA) is 147 Å². The van der Waals surface area contributed by atoms with Gasteiger partial charge in [0.25, 0.3) is 5.91 Å². The third-order valence-electron chi connectivity index (χ3n) is 15.8. The lowest BCUT2D eigenvalue weighted by Gasteiger charge is -2.53. The lowest BCUT2D eigenvalue weighted by Crippen LogP contribution is -2.52. The highest BCUT2D eigenvalue weighted by molar-refractivity contribution is 6.00. The Morgan fingerprint density at radius 2 is 1.71 bits per heavy atom. The first kappa shape index (κ1) is 40.2. The fourth-order valence-electron chi connectivity index (χ4n) is 12.3. The van der Waals surface area contributed by atoms with Gasteiger partial charge in [0.05, 0.1) is 30.5 Å². The molecular weight excluding hydrogens is 804 g/mol. The second-order valence-electron chi connectivity index (χ2n) is 19.9. The van der Waals surface area contributed by atoms with Crippen molar-refractivity contribution in [2.45, 2.75) is 121 Å². The van der Waals surface area contributed by atoms with Crippen molar-refractivity contribution in [2.24, 2.45) is 11.3 Å². The van der Waals surface area contributed by atoms with Gasteiger partial charge in [0.1, 0.15) is 28.4 Å². The fourth-order valence-corrected chi connectivity index (χ4v) is 12.3. The highest BCUT2D eigenvalue weighted by Gasteiger charge is 2.59. The van der Waals surface area contributed by atoms with Crippen LogP contribution in [-0.2, 0) is 27.1 Å². The van der Waals surface area contributed by atoms with E-state index >= 15 is 4.79 Å². The molecule has 63 heavy (non-hydrogen) atoms. The maximum atomic E-state index is 15.5. The molecule has 6 aliphatic rings. The van der Waals surface area contributed by atoms with Crippen LogP contribution < -0.4 is 11.4 Å². The number of nitrogens with one attached hydrogen (secondary N) is 1. The summed E-state index contributed by atoms with van der Waals surface area (Å²) in [5.74, 6) is -0.466. The summed E-state index contributed by atoms with van der Waals surface area (Å²) in [6, 6.07) is 14.1. The molecule has 5 fully saturated rings. The van der Waals surface area contributed by atoms with Gasteiger partial charge >= 0.3 is 11.4 Å². The van der Waals surface area contributed by atoms with Crippen LogP contribution in [0.15, 0.2) is 75.0 Å². The Kier molecular flexibility index (Phi) is 9.09. The van der Waals surface area contributed by atoms with Gasteiger partial charge in [-0.05, 0) is 144 Å². The number of imidazole rings is 1. The quantitative estimate of drug-likeness (QED) is 0.156. The minimum atomic E-state index is -0.806. The monoisotopic (exact) mass is 858 g/mol. The molecule has 4 aromatic heterocycles. The summed E-state index contributed by atoms with van der Waals surface area (Å²) < 4.78 is 38.7. The van der Waals surface area contributed by atoms with Crippen LogP contribution in [0.25, 0.3) is 27.8 Å². The Morgan fingerprint density at radius 1 is 0.968 bits per heavy atom. The van der Waals surface area contributed by atoms with E-state index in [-0.39, 0.29) is 39.9 Å². The van der Waals surface area contributed by atoms with Crippen molar-refractivity contribution in [1.29, 1.82) is 0 Å². The number of hydrogen-bond acceptors (Lipinski definition) is 8. The van der Waals surface area contributed by atoms with Gasteiger partial charge in [0, 0.05) is 54.7 Å². The van der Waals surface area contributed by atoms with Crippen LogP contribution in [0.4, 0.5) is 4.39 Å². The van der Waals surface area contributed by atoms with Gasteiger partial charge in [-0.15, -0.1) is 0 Å². The molecule has 1 amide bonds. The molecule has 6 aromatic rings. The Labute approximate surface area is 363 Å². The van der Waals surface area contributed by atoms with Gasteiger partial charge in [-0.3, -0.25) is 28.1 Å². The first-order valence-electron chi connectivity index (χ1n) is 22.6. The van der Waals surface area contributed by atoms with Gasteiger partial charge < -0.3 is 18.9 Å². The van der Waals surface area contributed by atoms with E-state index in [1.54, 1.807) is 23.8 Å². The number of carbonyl (C=O) groups excluding carboxylic acids is 1. The van der Waals surface area contributed by atoms with Crippen LogP contribution in [0.1, 0.15) is 125 Å². The third-order valence-corrected chi connectivity index (χ3v) is 15.8. The molecule has 14 nitrogen and oxygen atoms in total. The molecule has 2 aromatic carbocycles. The Hall–Kier alpha value is -5.54. The first-order valence-corrected chi connectivity index (χ1v) is 22.6. The molecule has 0 unspecified atom stereocenters. The summed E-state index contributed by atoms with van der Waals surface area (Å²) in [6.07, 6.45) is 11.9. The Balaban J connectivity index is 1.02. The molecule has 0 radical (unpaired) electrons. The number of aromatic nitrogens is 7. The molecule has 4 aliphatic carbocycles. The average Bonchev–Trinajstić information content (AvgIpc) is 3.77. The molecule has 4 atom stereocenters. The molecule has 1 N–H and O–H groups in total. The van der Waals surface area contributed by atoms with Gasteiger partial charge in [-0.2, -0.15) is 5.10 Å². The maximum Gasteiger partial charge on any atom is 0.438 e. The first-order chi connectivity index (χ1) is 30.3. The SMILES string of the molecule is COCC12CCC(n3ccn(-c4c(-c5ccc(F)cc5)nn5c4[C@H](C)N(C(=O)c4cc6cc([C@@H]7CCOC(C)(C)C7)ccc6n4[C@@]4(c6noc(=O)[nH]6)C[C@@H]4C)CC5)c3=O)(CC1)CC2. The molecule has 2 aliphatic heterocycles. The van der Waals surface area contributed by atoms with Crippen molar-refractivity contribution < 1.29 is 23.2 Å². The number of fused-ring (bicyclic) bond motifs is 5. The zero-order chi connectivity index (χ0) is 43.6. The molecule has 1 saturated heterocycles. The van der Waals surface area contributed by atoms with Crippen molar-refractivity contribution in [3.63, 3.8) is 0 Å². The lowest BCUT2D eigenvalue weighted by atomic mass is 9.57. The number of rotatable bonds is 9. The smallest absolute Gasteiger partial charge is 0.384 e. The van der Waals surface area contributed by atoms with Gasteiger partial charge in [0.2, 0.25) is 0 Å². The summed E-state index contributed by atoms with van der Waals surface area (Å²) in [4.78, 5) is 47.5. The number of nitrogens with zero attached hydrogens (tertiary/aromatic N) is 7. The molecule has 6 heterocycles. The van der Waals surface area contributed by atoms with Crippen LogP contribution in [-0.4, -0.2) is 76.9 Å². The van der Waals surface area contributed by atoms with Gasteiger partial charge in [-0.25, -0.2) is 14.0 Å². The molecule has 0 spiro atoms. The van der Waals surface area contributed by atoms with Gasteiger partial charge in [0.15, 0.2) is 5.82 Å². The molecule has 2 bridgehead atoms.